The molecule has 6 heteroatoms. The highest BCUT2D eigenvalue weighted by atomic mass is 16.6. The number of nitro benzene ring substituents is 1. The summed E-state index contributed by atoms with van der Waals surface area (Å²) < 4.78 is 5.02. The quantitative estimate of drug-likeness (QED) is 0.583. The molecule has 0 saturated heterocycles. The fraction of sp³-hybridized carbons (Fsp3) is 0.538. The highest BCUT2D eigenvalue weighted by molar-refractivity contribution is 5.68. The van der Waals surface area contributed by atoms with Gasteiger partial charge in [0.05, 0.1) is 12.0 Å². The zero-order chi connectivity index (χ0) is 13.9. The van der Waals surface area contributed by atoms with Gasteiger partial charge in [-0.05, 0) is 36.8 Å². The van der Waals surface area contributed by atoms with Crippen LogP contribution in [0.25, 0.3) is 0 Å². The predicted molar refractivity (Wildman–Crippen MR) is 71.5 cm³/mol. The number of rotatable bonds is 7. The number of nitrogens with one attached hydrogen (secondary N) is 1. The first kappa shape index (κ1) is 13.6. The molecular formula is C13H18N2O4. The molecule has 0 aromatic heterocycles. The Labute approximate surface area is 111 Å². The molecule has 104 valence electrons. The molecule has 0 aliphatic heterocycles. The number of nitrogens with zero attached hydrogens (tertiary/aromatic N) is 1. The van der Waals surface area contributed by atoms with Crippen LogP contribution in [0, 0.1) is 15.5 Å². The van der Waals surface area contributed by atoms with E-state index in [4.69, 9.17) is 9.84 Å². The Bertz CT molecular complexity index is 472. The molecule has 0 unspecified atom stereocenters. The maximum Gasteiger partial charge on any atom is 0.333 e. The van der Waals surface area contributed by atoms with Gasteiger partial charge in [-0.2, -0.15) is 0 Å². The standard InChI is InChI=1S/C13H18N2O4/c1-19-11-4-2-3-10(12(11)15(17)18)14-9-13(5-6-13)7-8-16/h2-4,14,16H,5-9H2,1H3. The van der Waals surface area contributed by atoms with Crippen LogP contribution in [0.4, 0.5) is 11.4 Å². The molecule has 1 aliphatic rings. The number of aliphatic hydroxyl groups excluding tert-OH is 1. The third-order valence-corrected chi connectivity index (χ3v) is 3.65. The van der Waals surface area contributed by atoms with Crippen LogP contribution in [0.1, 0.15) is 19.3 Å². The Hall–Kier alpha value is -1.82. The van der Waals surface area contributed by atoms with E-state index in [9.17, 15) is 10.1 Å². The van der Waals surface area contributed by atoms with Crippen LogP contribution in [-0.4, -0.2) is 30.3 Å². The second-order valence-electron chi connectivity index (χ2n) is 4.94. The fourth-order valence-corrected chi connectivity index (χ4v) is 2.23. The van der Waals surface area contributed by atoms with Crippen molar-refractivity contribution in [2.24, 2.45) is 5.41 Å². The number of ether oxygens (including phenoxy) is 1. The van der Waals surface area contributed by atoms with Crippen molar-refractivity contribution in [3.05, 3.63) is 28.3 Å². The number of aliphatic hydroxyl groups is 1. The minimum atomic E-state index is -0.438. The smallest absolute Gasteiger partial charge is 0.333 e. The molecule has 1 fully saturated rings. The maximum atomic E-state index is 11.1. The first-order chi connectivity index (χ1) is 9.12. The van der Waals surface area contributed by atoms with Crippen molar-refractivity contribution in [1.29, 1.82) is 0 Å². The summed E-state index contributed by atoms with van der Waals surface area (Å²) in [4.78, 5) is 10.7. The molecule has 1 saturated carbocycles. The highest BCUT2D eigenvalue weighted by Crippen LogP contribution is 2.49. The lowest BCUT2D eigenvalue weighted by Gasteiger charge is -2.16. The normalized spacial score (nSPS) is 15.9. The SMILES string of the molecule is COc1cccc(NCC2(CCO)CC2)c1[N+](=O)[O-]. The van der Waals surface area contributed by atoms with Crippen molar-refractivity contribution in [3.63, 3.8) is 0 Å². The summed E-state index contributed by atoms with van der Waals surface area (Å²) in [6, 6.07) is 4.97. The van der Waals surface area contributed by atoms with E-state index >= 15 is 0 Å². The Morgan fingerprint density at radius 2 is 2.26 bits per heavy atom. The van der Waals surface area contributed by atoms with Gasteiger partial charge in [0.15, 0.2) is 5.75 Å². The number of methoxy groups -OCH3 is 1. The van der Waals surface area contributed by atoms with Gasteiger partial charge in [-0.25, -0.2) is 0 Å². The average Bonchev–Trinajstić information content (AvgIpc) is 3.16. The predicted octanol–water partition coefficient (Wildman–Crippen LogP) is 2.18. The van der Waals surface area contributed by atoms with Crippen LogP contribution >= 0.6 is 0 Å². The van der Waals surface area contributed by atoms with Gasteiger partial charge in [0, 0.05) is 13.2 Å². The van der Waals surface area contributed by atoms with E-state index in [0.29, 0.717) is 12.2 Å². The fourth-order valence-electron chi connectivity index (χ4n) is 2.23. The lowest BCUT2D eigenvalue weighted by Crippen LogP contribution is -2.17. The number of benzene rings is 1. The van der Waals surface area contributed by atoms with Crippen molar-refractivity contribution >= 4 is 11.4 Å². The summed E-state index contributed by atoms with van der Waals surface area (Å²) in [5.74, 6) is 0.252. The minimum absolute atomic E-state index is 0.0372. The zero-order valence-electron chi connectivity index (χ0n) is 10.9. The van der Waals surface area contributed by atoms with Crippen molar-refractivity contribution < 1.29 is 14.8 Å². The highest BCUT2D eigenvalue weighted by Gasteiger charge is 2.41. The van der Waals surface area contributed by atoms with Crippen LogP contribution in [0.2, 0.25) is 0 Å². The second-order valence-corrected chi connectivity index (χ2v) is 4.94. The minimum Gasteiger partial charge on any atom is -0.490 e. The summed E-state index contributed by atoms with van der Waals surface area (Å²) in [5.41, 5.74) is 0.532. The second kappa shape index (κ2) is 5.44. The molecular weight excluding hydrogens is 248 g/mol. The van der Waals surface area contributed by atoms with Crippen LogP contribution < -0.4 is 10.1 Å². The Morgan fingerprint density at radius 3 is 2.79 bits per heavy atom. The summed E-state index contributed by atoms with van der Waals surface area (Å²) in [5, 5.41) is 23.2. The average molecular weight is 266 g/mol. The topological polar surface area (TPSA) is 84.6 Å². The molecule has 0 spiro atoms. The Balaban J connectivity index is 2.14. The monoisotopic (exact) mass is 266 g/mol. The van der Waals surface area contributed by atoms with E-state index in [2.05, 4.69) is 5.32 Å². The van der Waals surface area contributed by atoms with Crippen molar-refractivity contribution in [3.8, 4) is 5.75 Å². The van der Waals surface area contributed by atoms with Crippen LogP contribution in [0.15, 0.2) is 18.2 Å². The van der Waals surface area contributed by atoms with Crippen molar-refractivity contribution in [1.82, 2.24) is 0 Å². The number of hydrogen-bond acceptors (Lipinski definition) is 5. The van der Waals surface area contributed by atoms with Crippen LogP contribution in [0.3, 0.4) is 0 Å². The molecule has 0 atom stereocenters. The first-order valence-electron chi connectivity index (χ1n) is 6.28. The third-order valence-electron chi connectivity index (χ3n) is 3.65. The van der Waals surface area contributed by atoms with Gasteiger partial charge in [0.1, 0.15) is 5.69 Å². The van der Waals surface area contributed by atoms with Gasteiger partial charge in [0.25, 0.3) is 0 Å². The third kappa shape index (κ3) is 2.96. The number of anilines is 1. The molecule has 0 bridgehead atoms. The molecule has 2 rings (SSSR count). The van der Waals surface area contributed by atoms with Gasteiger partial charge in [0.2, 0.25) is 0 Å². The van der Waals surface area contributed by atoms with Crippen molar-refractivity contribution in [2.45, 2.75) is 19.3 Å². The molecule has 6 nitrogen and oxygen atoms in total. The van der Waals surface area contributed by atoms with Crippen LogP contribution in [-0.2, 0) is 0 Å². The van der Waals surface area contributed by atoms with Gasteiger partial charge >= 0.3 is 5.69 Å². The molecule has 0 radical (unpaired) electrons. The van der Waals surface area contributed by atoms with Gasteiger partial charge in [-0.15, -0.1) is 0 Å². The van der Waals surface area contributed by atoms with E-state index in [1.807, 2.05) is 0 Å². The molecule has 1 aromatic carbocycles. The van der Waals surface area contributed by atoms with Crippen LogP contribution in [0.5, 0.6) is 5.75 Å². The van der Waals surface area contributed by atoms with E-state index < -0.39 is 4.92 Å². The molecule has 2 N–H and O–H groups in total. The number of nitro groups is 1. The lowest BCUT2D eigenvalue weighted by molar-refractivity contribution is -0.384. The van der Waals surface area contributed by atoms with Gasteiger partial charge < -0.3 is 15.2 Å². The van der Waals surface area contributed by atoms with E-state index in [0.717, 1.165) is 19.3 Å². The Kier molecular flexibility index (Phi) is 3.90. The number of para-hydroxylation sites is 1. The first-order valence-corrected chi connectivity index (χ1v) is 6.28. The molecule has 0 heterocycles. The van der Waals surface area contributed by atoms with E-state index in [-0.39, 0.29) is 23.5 Å². The zero-order valence-corrected chi connectivity index (χ0v) is 10.9. The molecule has 0 amide bonds. The molecule has 1 aliphatic carbocycles. The molecule has 19 heavy (non-hydrogen) atoms. The van der Waals surface area contributed by atoms with Gasteiger partial charge in [-0.3, -0.25) is 10.1 Å². The van der Waals surface area contributed by atoms with E-state index in [1.165, 1.54) is 7.11 Å². The number of hydrogen-bond donors (Lipinski definition) is 2. The molecule has 1 aromatic rings. The lowest BCUT2D eigenvalue weighted by atomic mass is 10.0. The Morgan fingerprint density at radius 1 is 1.53 bits per heavy atom. The van der Waals surface area contributed by atoms with Gasteiger partial charge in [-0.1, -0.05) is 6.07 Å². The summed E-state index contributed by atoms with van der Waals surface area (Å²) >= 11 is 0. The summed E-state index contributed by atoms with van der Waals surface area (Å²) in [6.45, 7) is 0.795. The largest absolute Gasteiger partial charge is 0.490 e. The maximum absolute atomic E-state index is 11.1. The van der Waals surface area contributed by atoms with E-state index in [1.54, 1.807) is 18.2 Å². The summed E-state index contributed by atoms with van der Waals surface area (Å²) in [7, 11) is 1.42. The summed E-state index contributed by atoms with van der Waals surface area (Å²) in [6.07, 6.45) is 2.84. The van der Waals surface area contributed by atoms with Crippen molar-refractivity contribution in [2.75, 3.05) is 25.6 Å².